The molecule has 2 rings (SSSR count). The van der Waals surface area contributed by atoms with E-state index in [1.807, 2.05) is 12.1 Å². The molecule has 5 heteroatoms. The highest BCUT2D eigenvalue weighted by Gasteiger charge is 2.23. The molecule has 0 N–H and O–H groups in total. The number of hydrogen-bond acceptors (Lipinski definition) is 4. The maximum Gasteiger partial charge on any atom is 0.130 e. The van der Waals surface area contributed by atoms with Crippen molar-refractivity contribution in [2.75, 3.05) is 27.9 Å². The van der Waals surface area contributed by atoms with E-state index in [0.29, 0.717) is 23.4 Å². The molecule has 0 radical (unpaired) electrons. The fourth-order valence-corrected chi connectivity index (χ4v) is 3.03. The van der Waals surface area contributed by atoms with Crippen LogP contribution in [0.3, 0.4) is 0 Å². The van der Waals surface area contributed by atoms with Gasteiger partial charge in [-0.3, -0.25) is 0 Å². The number of benzene rings is 1. The van der Waals surface area contributed by atoms with Crippen LogP contribution < -0.4 is 14.2 Å². The Bertz CT molecular complexity index is 433. The van der Waals surface area contributed by atoms with E-state index in [1.165, 1.54) is 0 Å². The lowest BCUT2D eigenvalue weighted by molar-refractivity contribution is 0.102. The largest absolute Gasteiger partial charge is 0.496 e. The second-order valence-electron chi connectivity index (χ2n) is 5.13. The average Bonchev–Trinajstić information content (AvgIpc) is 3.04. The Morgan fingerprint density at radius 1 is 1.19 bits per heavy atom. The summed E-state index contributed by atoms with van der Waals surface area (Å²) in [5, 5.41) is -0.176. The van der Waals surface area contributed by atoms with E-state index in [1.54, 1.807) is 21.3 Å². The highest BCUT2D eigenvalue weighted by molar-refractivity contribution is 6.21. The second kappa shape index (κ2) is 7.76. The van der Waals surface area contributed by atoms with Crippen molar-refractivity contribution in [1.82, 2.24) is 0 Å². The number of hydrogen-bond donors (Lipinski definition) is 0. The molecule has 1 fully saturated rings. The van der Waals surface area contributed by atoms with E-state index in [4.69, 9.17) is 30.5 Å². The van der Waals surface area contributed by atoms with Crippen molar-refractivity contribution in [2.45, 2.75) is 37.2 Å². The molecule has 0 saturated carbocycles. The summed E-state index contributed by atoms with van der Waals surface area (Å²) >= 11 is 6.59. The van der Waals surface area contributed by atoms with Gasteiger partial charge in [0.15, 0.2) is 0 Å². The summed E-state index contributed by atoms with van der Waals surface area (Å²) in [5.74, 6) is 2.08. The number of alkyl halides is 1. The van der Waals surface area contributed by atoms with Crippen LogP contribution in [0.15, 0.2) is 12.1 Å². The molecule has 118 valence electrons. The summed E-state index contributed by atoms with van der Waals surface area (Å²) in [4.78, 5) is 0. The maximum atomic E-state index is 6.59. The molecule has 1 saturated heterocycles. The van der Waals surface area contributed by atoms with Gasteiger partial charge in [-0.1, -0.05) is 0 Å². The van der Waals surface area contributed by atoms with E-state index in [-0.39, 0.29) is 5.38 Å². The van der Waals surface area contributed by atoms with Gasteiger partial charge in [0.05, 0.1) is 38.4 Å². The number of halogens is 1. The predicted molar refractivity (Wildman–Crippen MR) is 82.9 cm³/mol. The lowest BCUT2D eigenvalue weighted by Crippen LogP contribution is -2.07. The molecule has 1 aromatic rings. The van der Waals surface area contributed by atoms with Crippen LogP contribution in [-0.4, -0.2) is 34.0 Å². The Morgan fingerprint density at radius 2 is 1.86 bits per heavy atom. The molecule has 1 aliphatic rings. The molecule has 2 atom stereocenters. The summed E-state index contributed by atoms with van der Waals surface area (Å²) in [5.41, 5.74) is 0.875. The van der Waals surface area contributed by atoms with Crippen molar-refractivity contribution in [1.29, 1.82) is 0 Å². The molecule has 1 aromatic carbocycles. The summed E-state index contributed by atoms with van der Waals surface area (Å²) in [6, 6.07) is 3.67. The molecular formula is C16H23ClO4. The Balaban J connectivity index is 2.15. The van der Waals surface area contributed by atoms with Crippen molar-refractivity contribution < 1.29 is 18.9 Å². The minimum Gasteiger partial charge on any atom is -0.496 e. The van der Waals surface area contributed by atoms with E-state index < -0.39 is 0 Å². The standard InChI is InChI=1S/C16H23ClO4/c1-18-12-9-14(19-2)16(15(10-12)20-3)13(17)7-6-11-5-4-8-21-11/h9-11,13H,4-8H2,1-3H3. The van der Waals surface area contributed by atoms with Gasteiger partial charge in [0, 0.05) is 18.7 Å². The molecular weight excluding hydrogens is 292 g/mol. The quantitative estimate of drug-likeness (QED) is 0.714. The van der Waals surface area contributed by atoms with Crippen LogP contribution in [0, 0.1) is 0 Å². The number of rotatable bonds is 7. The van der Waals surface area contributed by atoms with Crippen LogP contribution in [0.4, 0.5) is 0 Å². The molecule has 0 aromatic heterocycles. The van der Waals surface area contributed by atoms with Gasteiger partial charge < -0.3 is 18.9 Å². The van der Waals surface area contributed by atoms with Gasteiger partial charge in [0.2, 0.25) is 0 Å². The Labute approximate surface area is 131 Å². The van der Waals surface area contributed by atoms with Crippen molar-refractivity contribution in [2.24, 2.45) is 0 Å². The first-order valence-electron chi connectivity index (χ1n) is 7.25. The first kappa shape index (κ1) is 16.2. The van der Waals surface area contributed by atoms with Gasteiger partial charge in [-0.25, -0.2) is 0 Å². The molecule has 2 unspecified atom stereocenters. The molecule has 0 spiro atoms. The van der Waals surface area contributed by atoms with Gasteiger partial charge in [-0.05, 0) is 25.7 Å². The lowest BCUT2D eigenvalue weighted by Gasteiger charge is -2.19. The van der Waals surface area contributed by atoms with Crippen molar-refractivity contribution >= 4 is 11.6 Å². The van der Waals surface area contributed by atoms with Crippen LogP contribution in [-0.2, 0) is 4.74 Å². The molecule has 1 aliphatic heterocycles. The normalized spacial score (nSPS) is 19.3. The summed E-state index contributed by atoms with van der Waals surface area (Å²) in [6.07, 6.45) is 4.38. The summed E-state index contributed by atoms with van der Waals surface area (Å²) < 4.78 is 21.8. The SMILES string of the molecule is COc1cc(OC)c(C(Cl)CCC2CCCO2)c(OC)c1. The molecule has 21 heavy (non-hydrogen) atoms. The fourth-order valence-electron chi connectivity index (χ4n) is 2.69. The van der Waals surface area contributed by atoms with Crippen LogP contribution in [0.25, 0.3) is 0 Å². The minimum absolute atomic E-state index is 0.176. The predicted octanol–water partition coefficient (Wildman–Crippen LogP) is 3.95. The topological polar surface area (TPSA) is 36.9 Å². The molecule has 1 heterocycles. The number of ether oxygens (including phenoxy) is 4. The fraction of sp³-hybridized carbons (Fsp3) is 0.625. The zero-order chi connectivity index (χ0) is 15.2. The maximum absolute atomic E-state index is 6.59. The Kier molecular flexibility index (Phi) is 6.00. The molecule has 0 aliphatic carbocycles. The average molecular weight is 315 g/mol. The summed E-state index contributed by atoms with van der Waals surface area (Å²) in [7, 11) is 4.87. The first-order chi connectivity index (χ1) is 10.2. The third-order valence-electron chi connectivity index (χ3n) is 3.83. The van der Waals surface area contributed by atoms with Gasteiger partial charge in [-0.2, -0.15) is 0 Å². The van der Waals surface area contributed by atoms with Gasteiger partial charge in [0.25, 0.3) is 0 Å². The highest BCUT2D eigenvalue weighted by atomic mass is 35.5. The monoisotopic (exact) mass is 314 g/mol. The van der Waals surface area contributed by atoms with Crippen molar-refractivity contribution in [3.8, 4) is 17.2 Å². The first-order valence-corrected chi connectivity index (χ1v) is 7.68. The van der Waals surface area contributed by atoms with Crippen LogP contribution in [0.5, 0.6) is 17.2 Å². The van der Waals surface area contributed by atoms with Gasteiger partial charge in [0.1, 0.15) is 17.2 Å². The van der Waals surface area contributed by atoms with Gasteiger partial charge in [-0.15, -0.1) is 11.6 Å². The van der Waals surface area contributed by atoms with Crippen LogP contribution in [0.1, 0.15) is 36.6 Å². The Hall–Kier alpha value is -1.13. The zero-order valence-corrected chi connectivity index (χ0v) is 13.6. The van der Waals surface area contributed by atoms with E-state index in [9.17, 15) is 0 Å². The van der Waals surface area contributed by atoms with Crippen molar-refractivity contribution in [3.63, 3.8) is 0 Å². The zero-order valence-electron chi connectivity index (χ0n) is 12.9. The van der Waals surface area contributed by atoms with Crippen molar-refractivity contribution in [3.05, 3.63) is 17.7 Å². The van der Waals surface area contributed by atoms with Crippen LogP contribution >= 0.6 is 11.6 Å². The summed E-state index contributed by atoms with van der Waals surface area (Å²) in [6.45, 7) is 0.868. The minimum atomic E-state index is -0.176. The van der Waals surface area contributed by atoms with Gasteiger partial charge >= 0.3 is 0 Å². The second-order valence-corrected chi connectivity index (χ2v) is 5.65. The third kappa shape index (κ3) is 3.95. The lowest BCUT2D eigenvalue weighted by atomic mass is 10.0. The number of methoxy groups -OCH3 is 3. The molecule has 0 amide bonds. The van der Waals surface area contributed by atoms with E-state index >= 15 is 0 Å². The van der Waals surface area contributed by atoms with Crippen LogP contribution in [0.2, 0.25) is 0 Å². The smallest absolute Gasteiger partial charge is 0.130 e. The third-order valence-corrected chi connectivity index (χ3v) is 4.27. The molecule has 4 nitrogen and oxygen atoms in total. The molecule has 0 bridgehead atoms. The highest BCUT2D eigenvalue weighted by Crippen LogP contribution is 2.43. The Morgan fingerprint density at radius 3 is 2.33 bits per heavy atom. The van der Waals surface area contributed by atoms with E-state index in [0.717, 1.165) is 37.9 Å². The van der Waals surface area contributed by atoms with E-state index in [2.05, 4.69) is 0 Å².